The molecule has 7 heteroatoms. The van der Waals surface area contributed by atoms with Crippen molar-refractivity contribution >= 4 is 29.4 Å². The predicted octanol–water partition coefficient (Wildman–Crippen LogP) is 2.13. The van der Waals surface area contributed by atoms with Crippen LogP contribution in [0.3, 0.4) is 0 Å². The molecule has 1 aromatic heterocycles. The summed E-state index contributed by atoms with van der Waals surface area (Å²) in [6.07, 6.45) is 1.54. The number of amides is 1. The second-order valence-corrected chi connectivity index (χ2v) is 6.05. The molecule has 0 saturated heterocycles. The van der Waals surface area contributed by atoms with Gasteiger partial charge in [-0.25, -0.2) is 9.67 Å². The topological polar surface area (TPSA) is 51.0 Å². The zero-order valence-corrected chi connectivity index (χ0v) is 12.0. The first kappa shape index (κ1) is 14.3. The van der Waals surface area contributed by atoms with Crippen LogP contribution in [0.1, 0.15) is 27.7 Å². The zero-order chi connectivity index (χ0) is 13.1. The summed E-state index contributed by atoms with van der Waals surface area (Å²) in [4.78, 5) is 15.1. The number of halogens is 1. The lowest BCUT2D eigenvalue weighted by atomic mass is 10.1. The van der Waals surface area contributed by atoms with Gasteiger partial charge in [0, 0.05) is 31.0 Å². The second-order valence-electron chi connectivity index (χ2n) is 4.58. The molecule has 1 aromatic rings. The Labute approximate surface area is 111 Å². The summed E-state index contributed by atoms with van der Waals surface area (Å²) in [5, 5.41) is 5.03. The third-order valence-electron chi connectivity index (χ3n) is 2.01. The van der Waals surface area contributed by atoms with Crippen molar-refractivity contribution in [2.45, 2.75) is 38.4 Å². The highest BCUT2D eigenvalue weighted by Gasteiger charge is 2.18. The van der Waals surface area contributed by atoms with E-state index in [1.807, 2.05) is 4.68 Å². The number of nitrogens with zero attached hydrogens (tertiary/aromatic N) is 4. The fraction of sp³-hybridized carbons (Fsp3) is 0.700. The van der Waals surface area contributed by atoms with Gasteiger partial charge in [-0.1, -0.05) is 11.8 Å². The van der Waals surface area contributed by atoms with Crippen LogP contribution >= 0.6 is 23.5 Å². The first-order valence-corrected chi connectivity index (χ1v) is 6.62. The molecule has 1 heterocycles. The van der Waals surface area contributed by atoms with Crippen molar-refractivity contribution in [1.29, 1.82) is 0 Å². The third-order valence-corrected chi connectivity index (χ3v) is 3.34. The van der Waals surface area contributed by atoms with Gasteiger partial charge in [0.25, 0.3) is 0 Å². The normalized spacial score (nSPS) is 11.6. The molecule has 0 aromatic carbocycles. The number of hydrogen-bond donors (Lipinski definition) is 0. The van der Waals surface area contributed by atoms with Crippen molar-refractivity contribution in [2.24, 2.45) is 0 Å². The molecule has 0 radical (unpaired) electrons. The Kier molecular flexibility index (Phi) is 4.82. The Balaban J connectivity index is 2.53. The highest BCUT2D eigenvalue weighted by atomic mass is 35.5. The first-order valence-electron chi connectivity index (χ1n) is 5.29. The van der Waals surface area contributed by atoms with E-state index in [9.17, 15) is 4.79 Å². The Morgan fingerprint density at radius 1 is 1.59 bits per heavy atom. The van der Waals surface area contributed by atoms with E-state index in [-0.39, 0.29) is 11.4 Å². The van der Waals surface area contributed by atoms with Gasteiger partial charge in [0.2, 0.25) is 5.91 Å². The van der Waals surface area contributed by atoms with Crippen LogP contribution in [0.15, 0.2) is 11.5 Å². The summed E-state index contributed by atoms with van der Waals surface area (Å²) in [7, 11) is 0. The Morgan fingerprint density at radius 3 is 2.76 bits per heavy atom. The largest absolute Gasteiger partial charge is 0.274 e. The first-order chi connectivity index (χ1) is 7.82. The van der Waals surface area contributed by atoms with E-state index in [4.69, 9.17) is 11.8 Å². The minimum Gasteiger partial charge on any atom is -0.274 e. The zero-order valence-electron chi connectivity index (χ0n) is 10.5. The summed E-state index contributed by atoms with van der Waals surface area (Å²) >= 11 is 7.25. The van der Waals surface area contributed by atoms with Crippen molar-refractivity contribution < 1.29 is 4.79 Å². The molecular formula is C10H17ClN4OS. The predicted molar refractivity (Wildman–Crippen MR) is 69.0 cm³/mol. The van der Waals surface area contributed by atoms with Gasteiger partial charge in [-0.3, -0.25) is 9.21 Å². The van der Waals surface area contributed by atoms with Gasteiger partial charge in [0.1, 0.15) is 6.33 Å². The van der Waals surface area contributed by atoms with Crippen LogP contribution in [0.25, 0.3) is 0 Å². The van der Waals surface area contributed by atoms with E-state index in [2.05, 4.69) is 30.9 Å². The van der Waals surface area contributed by atoms with Crippen LogP contribution < -0.4 is 0 Å². The van der Waals surface area contributed by atoms with E-state index in [1.54, 1.807) is 0 Å². The summed E-state index contributed by atoms with van der Waals surface area (Å²) in [6, 6.07) is 0. The molecule has 1 rings (SSSR count). The number of hydrogen-bond acceptors (Lipinski definition) is 4. The van der Waals surface area contributed by atoms with Crippen molar-refractivity contribution in [3.8, 4) is 0 Å². The molecule has 0 N–H and O–H groups in total. The maximum atomic E-state index is 10.9. The van der Waals surface area contributed by atoms with Gasteiger partial charge >= 0.3 is 0 Å². The quantitative estimate of drug-likeness (QED) is 0.624. The van der Waals surface area contributed by atoms with Crippen LogP contribution in [-0.2, 0) is 10.3 Å². The minimum absolute atomic E-state index is 0.0972. The summed E-state index contributed by atoms with van der Waals surface area (Å²) in [5.74, 6) is 0.544. The monoisotopic (exact) mass is 276 g/mol. The fourth-order valence-corrected chi connectivity index (χ4v) is 2.37. The van der Waals surface area contributed by atoms with Crippen LogP contribution in [0, 0.1) is 0 Å². The molecule has 0 fully saturated rings. The average molecular weight is 277 g/mol. The lowest BCUT2D eigenvalue weighted by Gasteiger charge is -2.20. The molecule has 0 unspecified atom stereocenters. The van der Waals surface area contributed by atoms with E-state index in [0.717, 1.165) is 5.16 Å². The highest BCUT2D eigenvalue weighted by Crippen LogP contribution is 2.22. The summed E-state index contributed by atoms with van der Waals surface area (Å²) in [6.45, 7) is 8.12. The van der Waals surface area contributed by atoms with Gasteiger partial charge in [-0.05, 0) is 20.8 Å². The van der Waals surface area contributed by atoms with Crippen molar-refractivity contribution in [1.82, 2.24) is 19.2 Å². The molecule has 0 aliphatic carbocycles. The van der Waals surface area contributed by atoms with Crippen molar-refractivity contribution in [2.75, 3.05) is 12.3 Å². The van der Waals surface area contributed by atoms with Gasteiger partial charge in [-0.2, -0.15) is 5.10 Å². The maximum Gasteiger partial charge on any atom is 0.233 e. The Hall–Kier alpha value is -0.750. The molecule has 0 spiro atoms. The fourth-order valence-electron chi connectivity index (χ4n) is 1.16. The maximum absolute atomic E-state index is 10.9. The number of aromatic nitrogens is 3. The van der Waals surface area contributed by atoms with Crippen LogP contribution in [0.2, 0.25) is 0 Å². The lowest BCUT2D eigenvalue weighted by molar-refractivity contribution is -0.124. The lowest BCUT2D eigenvalue weighted by Crippen LogP contribution is -2.25. The molecule has 5 nitrogen and oxygen atoms in total. The molecule has 0 bridgehead atoms. The van der Waals surface area contributed by atoms with Gasteiger partial charge in [0.15, 0.2) is 5.16 Å². The molecular weight excluding hydrogens is 260 g/mol. The number of rotatable bonds is 4. The van der Waals surface area contributed by atoms with Crippen molar-refractivity contribution in [3.63, 3.8) is 0 Å². The van der Waals surface area contributed by atoms with Crippen molar-refractivity contribution in [3.05, 3.63) is 6.33 Å². The number of thioether (sulfide) groups is 1. The SMILES string of the molecule is CC(=O)N(Cl)CCSc1ncnn1C(C)(C)C. The molecule has 1 amide bonds. The summed E-state index contributed by atoms with van der Waals surface area (Å²) < 4.78 is 3.04. The molecule has 0 aliphatic rings. The number of carbonyl (C=O) groups excluding carboxylic acids is 1. The third kappa shape index (κ3) is 4.20. The van der Waals surface area contributed by atoms with E-state index >= 15 is 0 Å². The highest BCUT2D eigenvalue weighted by molar-refractivity contribution is 7.99. The van der Waals surface area contributed by atoms with Gasteiger partial charge < -0.3 is 0 Å². The Bertz CT molecular complexity index is 388. The average Bonchev–Trinajstić information content (AvgIpc) is 2.65. The van der Waals surface area contributed by atoms with E-state index < -0.39 is 0 Å². The van der Waals surface area contributed by atoms with E-state index in [0.29, 0.717) is 12.3 Å². The smallest absolute Gasteiger partial charge is 0.233 e. The molecule has 17 heavy (non-hydrogen) atoms. The van der Waals surface area contributed by atoms with Crippen LogP contribution in [0.5, 0.6) is 0 Å². The minimum atomic E-state index is -0.149. The van der Waals surface area contributed by atoms with E-state index in [1.165, 1.54) is 29.4 Å². The number of carbonyl (C=O) groups is 1. The molecule has 0 aliphatic heterocycles. The summed E-state index contributed by atoms with van der Waals surface area (Å²) in [5.41, 5.74) is -0.0972. The molecule has 96 valence electrons. The van der Waals surface area contributed by atoms with Gasteiger partial charge in [0.05, 0.1) is 5.54 Å². The standard InChI is InChI=1S/C10H17ClN4OS/c1-8(16)14(11)5-6-17-9-12-7-13-15(9)10(2,3)4/h7H,5-6H2,1-4H3. The second kappa shape index (κ2) is 5.73. The van der Waals surface area contributed by atoms with Crippen LogP contribution in [-0.4, -0.2) is 37.4 Å². The molecule has 0 saturated carbocycles. The Morgan fingerprint density at radius 2 is 2.24 bits per heavy atom. The van der Waals surface area contributed by atoms with Gasteiger partial charge in [-0.15, -0.1) is 0 Å². The van der Waals surface area contributed by atoms with Crippen LogP contribution in [0.4, 0.5) is 0 Å². The molecule has 0 atom stereocenters.